The lowest BCUT2D eigenvalue weighted by atomic mass is 9.86. The van der Waals surface area contributed by atoms with Gasteiger partial charge in [-0.25, -0.2) is 0 Å². The fourth-order valence-electron chi connectivity index (χ4n) is 3.39. The summed E-state index contributed by atoms with van der Waals surface area (Å²) in [4.78, 5) is 13.0. The Labute approximate surface area is 151 Å². The maximum atomic E-state index is 13.0. The Morgan fingerprint density at radius 3 is 2.77 bits per heavy atom. The standard InChI is InChI=1S/C21H20O5/c1-21(2)9-8-14-18(26-21)7-6-15-19(23)16(11-25-20(14)15)13-5-4-12(24-3)10-17(13)22/h4-10,16,22H,11H2,1-3H3/t16-/m0/s1. The van der Waals surface area contributed by atoms with Gasteiger partial charge < -0.3 is 19.3 Å². The van der Waals surface area contributed by atoms with Crippen molar-refractivity contribution in [2.75, 3.05) is 13.7 Å². The van der Waals surface area contributed by atoms with Crippen molar-refractivity contribution in [3.63, 3.8) is 0 Å². The Bertz CT molecular complexity index is 926. The van der Waals surface area contributed by atoms with Crippen molar-refractivity contribution in [2.45, 2.75) is 25.4 Å². The van der Waals surface area contributed by atoms with Crippen LogP contribution < -0.4 is 14.2 Å². The average Bonchev–Trinajstić information content (AvgIpc) is 2.61. The Morgan fingerprint density at radius 2 is 2.04 bits per heavy atom. The van der Waals surface area contributed by atoms with Crippen LogP contribution in [0.15, 0.2) is 36.4 Å². The molecule has 0 spiro atoms. The Morgan fingerprint density at radius 1 is 1.23 bits per heavy atom. The van der Waals surface area contributed by atoms with Crippen LogP contribution in [0.1, 0.15) is 41.3 Å². The van der Waals surface area contributed by atoms with Gasteiger partial charge in [0.2, 0.25) is 0 Å². The first-order valence-electron chi connectivity index (χ1n) is 8.49. The van der Waals surface area contributed by atoms with E-state index in [2.05, 4.69) is 0 Å². The number of Topliss-reactive ketones (excluding diaryl/α,β-unsaturated/α-hetero) is 1. The normalized spacial score (nSPS) is 19.8. The number of hydrogen-bond donors (Lipinski definition) is 1. The second kappa shape index (κ2) is 5.80. The van der Waals surface area contributed by atoms with Crippen LogP contribution in [0.5, 0.6) is 23.0 Å². The topological polar surface area (TPSA) is 65.0 Å². The van der Waals surface area contributed by atoms with Crippen LogP contribution in [0.2, 0.25) is 0 Å². The minimum atomic E-state index is -0.559. The quantitative estimate of drug-likeness (QED) is 0.887. The Hall–Kier alpha value is -2.95. The highest BCUT2D eigenvalue weighted by Crippen LogP contribution is 2.44. The summed E-state index contributed by atoms with van der Waals surface area (Å²) in [5.74, 6) is 1.18. The van der Waals surface area contributed by atoms with Gasteiger partial charge in [-0.2, -0.15) is 0 Å². The van der Waals surface area contributed by atoms with E-state index in [1.54, 1.807) is 24.3 Å². The number of phenols is 1. The molecule has 2 aliphatic rings. The summed E-state index contributed by atoms with van der Waals surface area (Å²) in [5.41, 5.74) is 1.43. The first kappa shape index (κ1) is 16.5. The number of hydrogen-bond acceptors (Lipinski definition) is 5. The van der Waals surface area contributed by atoms with E-state index in [0.717, 1.165) is 5.56 Å². The van der Waals surface area contributed by atoms with Crippen molar-refractivity contribution in [1.29, 1.82) is 0 Å². The van der Waals surface area contributed by atoms with Gasteiger partial charge in [-0.15, -0.1) is 0 Å². The van der Waals surface area contributed by atoms with Gasteiger partial charge in [0.1, 0.15) is 35.2 Å². The fraction of sp³-hybridized carbons (Fsp3) is 0.286. The number of fused-ring (bicyclic) bond motifs is 3. The number of ketones is 1. The smallest absolute Gasteiger partial charge is 0.177 e. The maximum Gasteiger partial charge on any atom is 0.177 e. The van der Waals surface area contributed by atoms with Crippen LogP contribution in [-0.2, 0) is 0 Å². The van der Waals surface area contributed by atoms with Crippen molar-refractivity contribution < 1.29 is 24.1 Å². The number of benzene rings is 2. The first-order valence-corrected chi connectivity index (χ1v) is 8.49. The van der Waals surface area contributed by atoms with E-state index < -0.39 is 11.5 Å². The summed E-state index contributed by atoms with van der Waals surface area (Å²) in [5, 5.41) is 10.3. The third-order valence-electron chi connectivity index (χ3n) is 4.77. The zero-order valence-corrected chi connectivity index (χ0v) is 14.9. The lowest BCUT2D eigenvalue weighted by Gasteiger charge is -2.32. The van der Waals surface area contributed by atoms with E-state index in [1.807, 2.05) is 26.0 Å². The van der Waals surface area contributed by atoms with Gasteiger partial charge >= 0.3 is 0 Å². The van der Waals surface area contributed by atoms with Crippen molar-refractivity contribution in [3.05, 3.63) is 53.1 Å². The average molecular weight is 352 g/mol. The number of carbonyl (C=O) groups excluding carboxylic acids is 1. The van der Waals surface area contributed by atoms with Crippen LogP contribution >= 0.6 is 0 Å². The molecule has 134 valence electrons. The molecule has 1 atom stereocenters. The molecule has 1 N–H and O–H groups in total. The van der Waals surface area contributed by atoms with E-state index >= 15 is 0 Å². The molecule has 26 heavy (non-hydrogen) atoms. The molecule has 0 unspecified atom stereocenters. The van der Waals surface area contributed by atoms with E-state index in [1.165, 1.54) is 13.2 Å². The molecule has 0 aliphatic carbocycles. The fourth-order valence-corrected chi connectivity index (χ4v) is 3.39. The number of ether oxygens (including phenoxy) is 3. The summed E-state index contributed by atoms with van der Waals surface area (Å²) >= 11 is 0. The molecule has 0 fully saturated rings. The number of carbonyl (C=O) groups is 1. The van der Waals surface area contributed by atoms with Crippen LogP contribution in [-0.4, -0.2) is 30.2 Å². The van der Waals surface area contributed by atoms with E-state index in [4.69, 9.17) is 14.2 Å². The number of rotatable bonds is 2. The van der Waals surface area contributed by atoms with E-state index in [-0.39, 0.29) is 18.1 Å². The molecule has 4 rings (SSSR count). The maximum absolute atomic E-state index is 13.0. The molecule has 2 aromatic rings. The molecule has 0 saturated carbocycles. The number of phenolic OH excluding ortho intramolecular Hbond substituents is 1. The van der Waals surface area contributed by atoms with Gasteiger partial charge in [0.25, 0.3) is 0 Å². The van der Waals surface area contributed by atoms with Crippen LogP contribution in [0.4, 0.5) is 0 Å². The molecule has 2 aliphatic heterocycles. The lowest BCUT2D eigenvalue weighted by Crippen LogP contribution is -2.30. The van der Waals surface area contributed by atoms with E-state index in [9.17, 15) is 9.90 Å². The Kier molecular flexibility index (Phi) is 3.68. The van der Waals surface area contributed by atoms with Gasteiger partial charge in [-0.05, 0) is 44.2 Å². The summed E-state index contributed by atoms with van der Waals surface area (Å²) in [6.07, 6.45) is 3.89. The van der Waals surface area contributed by atoms with Gasteiger partial charge in [0.05, 0.1) is 24.2 Å². The number of methoxy groups -OCH3 is 1. The number of aromatic hydroxyl groups is 1. The first-order chi connectivity index (χ1) is 12.4. The minimum absolute atomic E-state index is 0.0256. The highest BCUT2D eigenvalue weighted by molar-refractivity contribution is 6.05. The predicted octanol–water partition coefficient (Wildman–Crippen LogP) is 3.94. The molecule has 0 saturated heterocycles. The van der Waals surface area contributed by atoms with Gasteiger partial charge in [-0.1, -0.05) is 6.07 Å². The van der Waals surface area contributed by atoms with Crippen molar-refractivity contribution >= 4 is 11.9 Å². The van der Waals surface area contributed by atoms with Crippen molar-refractivity contribution in [1.82, 2.24) is 0 Å². The molecule has 2 aromatic carbocycles. The summed E-state index contributed by atoms with van der Waals surface area (Å²) in [6, 6.07) is 8.47. The highest BCUT2D eigenvalue weighted by atomic mass is 16.5. The third-order valence-corrected chi connectivity index (χ3v) is 4.77. The summed E-state index contributed by atoms with van der Waals surface area (Å²) < 4.78 is 17.0. The minimum Gasteiger partial charge on any atom is -0.508 e. The zero-order chi connectivity index (χ0) is 18.5. The molecule has 5 nitrogen and oxygen atoms in total. The van der Waals surface area contributed by atoms with Gasteiger partial charge in [0.15, 0.2) is 5.78 Å². The molecule has 0 aromatic heterocycles. The van der Waals surface area contributed by atoms with Gasteiger partial charge in [-0.3, -0.25) is 4.79 Å². The molecule has 5 heteroatoms. The molecular weight excluding hydrogens is 332 g/mol. The lowest BCUT2D eigenvalue weighted by molar-refractivity contribution is 0.0892. The van der Waals surface area contributed by atoms with E-state index in [0.29, 0.717) is 28.4 Å². The molecule has 0 bridgehead atoms. The Balaban J connectivity index is 1.72. The van der Waals surface area contributed by atoms with Crippen LogP contribution in [0, 0.1) is 0 Å². The highest BCUT2D eigenvalue weighted by Gasteiger charge is 2.35. The molecule has 0 amide bonds. The largest absolute Gasteiger partial charge is 0.508 e. The summed E-state index contributed by atoms with van der Waals surface area (Å²) in [6.45, 7) is 4.11. The SMILES string of the molecule is COc1ccc([C@@H]2COc3c(ccc4c3C=CC(C)(C)O4)C2=O)c(O)c1. The second-order valence-corrected chi connectivity index (χ2v) is 7.05. The zero-order valence-electron chi connectivity index (χ0n) is 14.9. The third kappa shape index (κ3) is 2.60. The van der Waals surface area contributed by atoms with Crippen LogP contribution in [0.3, 0.4) is 0 Å². The molecular formula is C21H20O5. The molecule has 2 heterocycles. The predicted molar refractivity (Wildman–Crippen MR) is 97.4 cm³/mol. The van der Waals surface area contributed by atoms with Crippen LogP contribution in [0.25, 0.3) is 6.08 Å². The second-order valence-electron chi connectivity index (χ2n) is 7.05. The van der Waals surface area contributed by atoms with Gasteiger partial charge in [0, 0.05) is 11.6 Å². The van der Waals surface area contributed by atoms with Crippen molar-refractivity contribution in [2.24, 2.45) is 0 Å². The summed E-state index contributed by atoms with van der Waals surface area (Å²) in [7, 11) is 1.53. The van der Waals surface area contributed by atoms with Crippen molar-refractivity contribution in [3.8, 4) is 23.0 Å². The monoisotopic (exact) mass is 352 g/mol. The molecule has 0 radical (unpaired) electrons.